The van der Waals surface area contributed by atoms with E-state index in [1.807, 2.05) is 31.2 Å². The van der Waals surface area contributed by atoms with Gasteiger partial charge in [0.1, 0.15) is 23.8 Å². The molecule has 2 fully saturated rings. The lowest BCUT2D eigenvalue weighted by Crippen LogP contribution is -2.59. The van der Waals surface area contributed by atoms with Crippen LogP contribution in [0.25, 0.3) is 0 Å². The Morgan fingerprint density at radius 1 is 0.971 bits per heavy atom. The minimum Gasteiger partial charge on any atom is -0.490 e. The van der Waals surface area contributed by atoms with Crippen LogP contribution in [0.3, 0.4) is 0 Å². The van der Waals surface area contributed by atoms with Crippen LogP contribution in [0.2, 0.25) is 0 Å². The van der Waals surface area contributed by atoms with Gasteiger partial charge in [-0.2, -0.15) is 0 Å². The number of aryl methyl sites for hydroxylation is 1. The SMILES string of the molecule is Cc1ccccc1CC(=O)N1CCO[C@](COc2ccc(F)cc2)(CC(=O)N2CCOCC2)C1. The normalized spacial score (nSPS) is 20.8. The molecule has 2 amide bonds. The van der Waals surface area contributed by atoms with E-state index in [9.17, 15) is 14.0 Å². The Bertz CT molecular complexity index is 993. The van der Waals surface area contributed by atoms with Gasteiger partial charge in [-0.25, -0.2) is 4.39 Å². The molecule has 0 saturated carbocycles. The van der Waals surface area contributed by atoms with Gasteiger partial charge in [0.2, 0.25) is 11.8 Å². The molecule has 4 rings (SSSR count). The van der Waals surface area contributed by atoms with Gasteiger partial charge in [0, 0.05) is 19.6 Å². The van der Waals surface area contributed by atoms with Gasteiger partial charge in [-0.15, -0.1) is 0 Å². The predicted octanol–water partition coefficient (Wildman–Crippen LogP) is 2.60. The molecule has 2 aromatic carbocycles. The van der Waals surface area contributed by atoms with Crippen molar-refractivity contribution in [1.82, 2.24) is 9.80 Å². The molecule has 2 heterocycles. The number of rotatable bonds is 7. The van der Waals surface area contributed by atoms with Crippen molar-refractivity contribution < 1.29 is 28.2 Å². The molecule has 2 aliphatic rings. The quantitative estimate of drug-likeness (QED) is 0.622. The van der Waals surface area contributed by atoms with Crippen molar-refractivity contribution in [2.45, 2.75) is 25.4 Å². The summed E-state index contributed by atoms with van der Waals surface area (Å²) in [5.41, 5.74) is 1.05. The molecule has 0 unspecified atom stereocenters. The van der Waals surface area contributed by atoms with Crippen molar-refractivity contribution in [2.75, 3.05) is 52.6 Å². The maximum atomic E-state index is 13.3. The summed E-state index contributed by atoms with van der Waals surface area (Å²) in [7, 11) is 0. The molecule has 0 spiro atoms. The standard InChI is InChI=1S/C26H31FN2O5/c1-20-4-2-3-5-21(20)16-24(30)29-12-15-34-26(18-29,17-25(31)28-10-13-32-14-11-28)19-33-23-8-6-22(27)7-9-23/h2-9H,10-19H2,1H3/t26-/m1/s1. The highest BCUT2D eigenvalue weighted by molar-refractivity contribution is 5.80. The van der Waals surface area contributed by atoms with Gasteiger partial charge in [-0.3, -0.25) is 9.59 Å². The summed E-state index contributed by atoms with van der Waals surface area (Å²) in [5, 5.41) is 0. The van der Waals surface area contributed by atoms with Crippen molar-refractivity contribution in [1.29, 1.82) is 0 Å². The van der Waals surface area contributed by atoms with Crippen LogP contribution in [0.1, 0.15) is 17.5 Å². The third-order valence-electron chi connectivity index (χ3n) is 6.36. The summed E-state index contributed by atoms with van der Waals surface area (Å²) in [5.74, 6) is 0.0554. The van der Waals surface area contributed by atoms with E-state index in [4.69, 9.17) is 14.2 Å². The van der Waals surface area contributed by atoms with Gasteiger partial charge in [-0.1, -0.05) is 24.3 Å². The average Bonchev–Trinajstić information content (AvgIpc) is 2.86. The second-order valence-corrected chi connectivity index (χ2v) is 8.86. The highest BCUT2D eigenvalue weighted by atomic mass is 19.1. The molecular weight excluding hydrogens is 439 g/mol. The zero-order valence-corrected chi connectivity index (χ0v) is 19.5. The molecule has 2 aliphatic heterocycles. The third kappa shape index (κ3) is 6.12. The van der Waals surface area contributed by atoms with E-state index in [-0.39, 0.29) is 37.2 Å². The van der Waals surface area contributed by atoms with Crippen molar-refractivity contribution in [3.8, 4) is 5.75 Å². The summed E-state index contributed by atoms with van der Waals surface area (Å²) < 4.78 is 30.7. The number of benzene rings is 2. The number of ether oxygens (including phenoxy) is 3. The van der Waals surface area contributed by atoms with Gasteiger partial charge >= 0.3 is 0 Å². The number of hydrogen-bond donors (Lipinski definition) is 0. The van der Waals surface area contributed by atoms with Crippen LogP contribution in [-0.2, 0) is 25.5 Å². The molecule has 34 heavy (non-hydrogen) atoms. The van der Waals surface area contributed by atoms with Crippen molar-refractivity contribution in [3.05, 3.63) is 65.5 Å². The fourth-order valence-electron chi connectivity index (χ4n) is 4.33. The first-order valence-electron chi connectivity index (χ1n) is 11.6. The molecule has 0 N–H and O–H groups in total. The lowest BCUT2D eigenvalue weighted by Gasteiger charge is -2.43. The van der Waals surface area contributed by atoms with Crippen LogP contribution in [0.4, 0.5) is 4.39 Å². The Kier molecular flexibility index (Phi) is 7.80. The largest absolute Gasteiger partial charge is 0.490 e. The summed E-state index contributed by atoms with van der Waals surface area (Å²) in [6.45, 7) is 5.14. The Morgan fingerprint density at radius 2 is 1.68 bits per heavy atom. The molecule has 8 heteroatoms. The Hall–Kier alpha value is -2.97. The van der Waals surface area contributed by atoms with Gasteiger partial charge in [0.05, 0.1) is 39.2 Å². The van der Waals surface area contributed by atoms with E-state index >= 15 is 0 Å². The number of nitrogens with zero attached hydrogens (tertiary/aromatic N) is 2. The third-order valence-corrected chi connectivity index (χ3v) is 6.36. The maximum Gasteiger partial charge on any atom is 0.227 e. The highest BCUT2D eigenvalue weighted by Gasteiger charge is 2.42. The van der Waals surface area contributed by atoms with E-state index in [1.165, 1.54) is 24.3 Å². The van der Waals surface area contributed by atoms with Crippen molar-refractivity contribution in [3.63, 3.8) is 0 Å². The minimum atomic E-state index is -0.997. The molecule has 2 aromatic rings. The van der Waals surface area contributed by atoms with Crippen LogP contribution >= 0.6 is 0 Å². The molecular formula is C26H31FN2O5. The molecule has 0 radical (unpaired) electrons. The van der Waals surface area contributed by atoms with Crippen LogP contribution in [0.15, 0.2) is 48.5 Å². The Balaban J connectivity index is 1.49. The van der Waals surface area contributed by atoms with Crippen LogP contribution in [-0.4, -0.2) is 79.8 Å². The lowest BCUT2D eigenvalue weighted by molar-refractivity contribution is -0.167. The first kappa shape index (κ1) is 24.2. The van der Waals surface area contributed by atoms with Gasteiger partial charge in [0.25, 0.3) is 0 Å². The summed E-state index contributed by atoms with van der Waals surface area (Å²) in [4.78, 5) is 29.8. The molecule has 1 atom stereocenters. The maximum absolute atomic E-state index is 13.3. The lowest BCUT2D eigenvalue weighted by atomic mass is 9.96. The number of amides is 2. The molecule has 0 aromatic heterocycles. The second-order valence-electron chi connectivity index (χ2n) is 8.86. The van der Waals surface area contributed by atoms with E-state index < -0.39 is 5.60 Å². The zero-order valence-electron chi connectivity index (χ0n) is 19.5. The Morgan fingerprint density at radius 3 is 2.41 bits per heavy atom. The van der Waals surface area contributed by atoms with Crippen molar-refractivity contribution in [2.24, 2.45) is 0 Å². The summed E-state index contributed by atoms with van der Waals surface area (Å²) >= 11 is 0. The minimum absolute atomic E-state index is 0.0115. The monoisotopic (exact) mass is 470 g/mol. The summed E-state index contributed by atoms with van der Waals surface area (Å²) in [6.07, 6.45) is 0.376. The van der Waals surface area contributed by atoms with E-state index in [0.29, 0.717) is 51.6 Å². The number of morpholine rings is 2. The molecule has 0 aliphatic carbocycles. The topological polar surface area (TPSA) is 68.3 Å². The molecule has 7 nitrogen and oxygen atoms in total. The molecule has 2 saturated heterocycles. The van der Waals surface area contributed by atoms with Crippen LogP contribution in [0, 0.1) is 12.7 Å². The van der Waals surface area contributed by atoms with Gasteiger partial charge in [0.15, 0.2) is 0 Å². The van der Waals surface area contributed by atoms with Crippen LogP contribution < -0.4 is 4.74 Å². The summed E-state index contributed by atoms with van der Waals surface area (Å²) in [6, 6.07) is 13.5. The van der Waals surface area contributed by atoms with E-state index in [2.05, 4.69) is 0 Å². The van der Waals surface area contributed by atoms with Crippen molar-refractivity contribution >= 4 is 11.8 Å². The number of carbonyl (C=O) groups is 2. The van der Waals surface area contributed by atoms with E-state index in [0.717, 1.165) is 11.1 Å². The van der Waals surface area contributed by atoms with E-state index in [1.54, 1.807) is 9.80 Å². The number of hydrogen-bond acceptors (Lipinski definition) is 5. The smallest absolute Gasteiger partial charge is 0.227 e. The van der Waals surface area contributed by atoms with Gasteiger partial charge < -0.3 is 24.0 Å². The fourth-order valence-corrected chi connectivity index (χ4v) is 4.33. The highest BCUT2D eigenvalue weighted by Crippen LogP contribution is 2.26. The Labute approximate surface area is 199 Å². The molecule has 0 bridgehead atoms. The van der Waals surface area contributed by atoms with Crippen LogP contribution in [0.5, 0.6) is 5.75 Å². The number of halogens is 1. The average molecular weight is 471 g/mol. The zero-order chi connectivity index (χ0) is 24.0. The fraction of sp³-hybridized carbons (Fsp3) is 0.462. The first-order valence-corrected chi connectivity index (χ1v) is 11.6. The second kappa shape index (κ2) is 11.0. The molecule has 182 valence electrons. The first-order chi connectivity index (χ1) is 16.4. The predicted molar refractivity (Wildman–Crippen MR) is 124 cm³/mol. The van der Waals surface area contributed by atoms with Gasteiger partial charge in [-0.05, 0) is 42.3 Å². The number of carbonyl (C=O) groups excluding carboxylic acids is 2.